The summed E-state index contributed by atoms with van der Waals surface area (Å²) in [7, 11) is 0.0778. The summed E-state index contributed by atoms with van der Waals surface area (Å²) >= 11 is 0. The molecule has 1 aromatic rings. The number of hydrogen-bond acceptors (Lipinski definition) is 4. The highest BCUT2D eigenvalue weighted by Crippen LogP contribution is 2.17. The predicted octanol–water partition coefficient (Wildman–Crippen LogP) is 1.08. The molecule has 0 aliphatic rings. The van der Waals surface area contributed by atoms with Gasteiger partial charge < -0.3 is 10.1 Å². The van der Waals surface area contributed by atoms with E-state index in [9.17, 15) is 8.42 Å². The fraction of sp³-hybridized carbons (Fsp3) is 0.455. The molecule has 0 saturated heterocycles. The van der Waals surface area contributed by atoms with Gasteiger partial charge >= 0.3 is 0 Å². The molecule has 1 aromatic carbocycles. The Bertz CT molecular complexity index is 425. The average molecular weight is 243 g/mol. The number of rotatable bonds is 5. The highest BCUT2D eigenvalue weighted by Gasteiger charge is 2.17. The van der Waals surface area contributed by atoms with Crippen LogP contribution in [0.3, 0.4) is 0 Å². The molecule has 90 valence electrons. The van der Waals surface area contributed by atoms with Crippen LogP contribution in [0.15, 0.2) is 29.2 Å². The van der Waals surface area contributed by atoms with Crippen LogP contribution in [0.2, 0.25) is 0 Å². The SMILES string of the molecule is CNC(C)CS(=O)(=O)c1ccc(OC)cc1. The van der Waals surface area contributed by atoms with Gasteiger partial charge in [0.1, 0.15) is 5.75 Å². The van der Waals surface area contributed by atoms with E-state index in [1.807, 2.05) is 6.92 Å². The lowest BCUT2D eigenvalue weighted by Gasteiger charge is -2.11. The molecule has 16 heavy (non-hydrogen) atoms. The second kappa shape index (κ2) is 5.32. The number of hydrogen-bond donors (Lipinski definition) is 1. The lowest BCUT2D eigenvalue weighted by molar-refractivity contribution is 0.414. The van der Waals surface area contributed by atoms with Gasteiger partial charge in [0.15, 0.2) is 9.84 Å². The summed E-state index contributed by atoms with van der Waals surface area (Å²) in [4.78, 5) is 0.329. The standard InChI is InChI=1S/C11H17NO3S/c1-9(12-2)8-16(13,14)11-6-4-10(15-3)5-7-11/h4-7,9,12H,8H2,1-3H3. The van der Waals surface area contributed by atoms with Gasteiger partial charge in [-0.05, 0) is 38.2 Å². The zero-order valence-electron chi connectivity index (χ0n) is 9.73. The van der Waals surface area contributed by atoms with E-state index >= 15 is 0 Å². The van der Waals surface area contributed by atoms with Crippen LogP contribution in [0.5, 0.6) is 5.75 Å². The van der Waals surface area contributed by atoms with E-state index in [1.165, 1.54) is 0 Å². The number of sulfone groups is 1. The fourth-order valence-electron chi connectivity index (χ4n) is 1.29. The quantitative estimate of drug-likeness (QED) is 0.840. The molecule has 1 unspecified atom stereocenters. The molecule has 0 spiro atoms. The third kappa shape index (κ3) is 3.21. The highest BCUT2D eigenvalue weighted by atomic mass is 32.2. The van der Waals surface area contributed by atoms with Crippen molar-refractivity contribution in [3.05, 3.63) is 24.3 Å². The molecule has 0 saturated carbocycles. The van der Waals surface area contributed by atoms with Crippen LogP contribution in [0.25, 0.3) is 0 Å². The van der Waals surface area contributed by atoms with Gasteiger partial charge in [-0.2, -0.15) is 0 Å². The summed E-state index contributed by atoms with van der Waals surface area (Å²) in [6.07, 6.45) is 0. The molecular formula is C11H17NO3S. The maximum atomic E-state index is 11.9. The third-order valence-corrected chi connectivity index (χ3v) is 4.31. The van der Waals surface area contributed by atoms with Gasteiger partial charge in [0, 0.05) is 6.04 Å². The second-order valence-electron chi connectivity index (χ2n) is 3.65. The summed E-state index contributed by atoms with van der Waals surface area (Å²) in [5, 5.41) is 2.91. The van der Waals surface area contributed by atoms with Gasteiger partial charge in [0.25, 0.3) is 0 Å². The summed E-state index contributed by atoms with van der Waals surface area (Å²) in [5.41, 5.74) is 0. The largest absolute Gasteiger partial charge is 0.497 e. The van der Waals surface area contributed by atoms with Gasteiger partial charge in [-0.1, -0.05) is 0 Å². The highest BCUT2D eigenvalue weighted by molar-refractivity contribution is 7.91. The molecule has 0 aromatic heterocycles. The first kappa shape index (κ1) is 13.0. The Morgan fingerprint density at radius 3 is 2.31 bits per heavy atom. The molecule has 0 radical (unpaired) electrons. The van der Waals surface area contributed by atoms with E-state index in [2.05, 4.69) is 5.32 Å². The van der Waals surface area contributed by atoms with E-state index in [-0.39, 0.29) is 11.8 Å². The van der Waals surface area contributed by atoms with Crippen molar-refractivity contribution in [2.45, 2.75) is 17.9 Å². The summed E-state index contributed by atoms with van der Waals surface area (Å²) in [6.45, 7) is 1.83. The molecule has 0 amide bonds. The van der Waals surface area contributed by atoms with E-state index in [1.54, 1.807) is 38.4 Å². The Labute approximate surface area is 96.5 Å². The minimum atomic E-state index is -3.21. The molecule has 1 rings (SSSR count). The van der Waals surface area contributed by atoms with Crippen molar-refractivity contribution in [3.8, 4) is 5.75 Å². The van der Waals surface area contributed by atoms with E-state index in [0.717, 1.165) is 0 Å². The zero-order chi connectivity index (χ0) is 12.2. The van der Waals surface area contributed by atoms with Crippen molar-refractivity contribution < 1.29 is 13.2 Å². The van der Waals surface area contributed by atoms with Crippen LogP contribution in [-0.4, -0.2) is 34.4 Å². The Morgan fingerprint density at radius 1 is 1.31 bits per heavy atom. The van der Waals surface area contributed by atoms with Crippen molar-refractivity contribution in [2.75, 3.05) is 19.9 Å². The van der Waals surface area contributed by atoms with Gasteiger partial charge in [-0.25, -0.2) is 8.42 Å². The number of ether oxygens (including phenoxy) is 1. The molecule has 0 aliphatic heterocycles. The Hall–Kier alpha value is -1.07. The minimum Gasteiger partial charge on any atom is -0.497 e. The lowest BCUT2D eigenvalue weighted by atomic mass is 10.3. The van der Waals surface area contributed by atoms with Crippen LogP contribution in [0.4, 0.5) is 0 Å². The van der Waals surface area contributed by atoms with E-state index in [4.69, 9.17) is 4.74 Å². The Balaban J connectivity index is 2.90. The Kier molecular flexibility index (Phi) is 4.32. The molecular weight excluding hydrogens is 226 g/mol. The minimum absolute atomic E-state index is 0.0629. The second-order valence-corrected chi connectivity index (χ2v) is 5.68. The van der Waals surface area contributed by atoms with Crippen molar-refractivity contribution in [1.29, 1.82) is 0 Å². The first-order chi connectivity index (χ1) is 7.49. The van der Waals surface area contributed by atoms with E-state index in [0.29, 0.717) is 10.6 Å². The summed E-state index contributed by atoms with van der Waals surface area (Å²) in [6, 6.07) is 6.37. The van der Waals surface area contributed by atoms with Crippen LogP contribution in [0.1, 0.15) is 6.92 Å². The average Bonchev–Trinajstić information content (AvgIpc) is 2.28. The molecule has 0 aliphatic carbocycles. The van der Waals surface area contributed by atoms with Gasteiger partial charge in [-0.15, -0.1) is 0 Å². The molecule has 1 N–H and O–H groups in total. The number of benzene rings is 1. The molecule has 0 fully saturated rings. The van der Waals surface area contributed by atoms with Gasteiger partial charge in [-0.3, -0.25) is 0 Å². The monoisotopic (exact) mass is 243 g/mol. The molecule has 4 nitrogen and oxygen atoms in total. The topological polar surface area (TPSA) is 55.4 Å². The van der Waals surface area contributed by atoms with Crippen molar-refractivity contribution >= 4 is 9.84 Å². The van der Waals surface area contributed by atoms with Crippen LogP contribution < -0.4 is 10.1 Å². The first-order valence-electron chi connectivity index (χ1n) is 5.03. The van der Waals surface area contributed by atoms with Crippen molar-refractivity contribution in [2.24, 2.45) is 0 Å². The number of nitrogens with one attached hydrogen (secondary N) is 1. The van der Waals surface area contributed by atoms with Crippen LogP contribution >= 0.6 is 0 Å². The molecule has 0 bridgehead atoms. The van der Waals surface area contributed by atoms with Crippen molar-refractivity contribution in [1.82, 2.24) is 5.32 Å². The maximum absolute atomic E-state index is 11.9. The third-order valence-electron chi connectivity index (χ3n) is 2.38. The molecule has 5 heteroatoms. The number of methoxy groups -OCH3 is 1. The lowest BCUT2D eigenvalue weighted by Crippen LogP contribution is -2.29. The van der Waals surface area contributed by atoms with Crippen LogP contribution in [-0.2, 0) is 9.84 Å². The van der Waals surface area contributed by atoms with Gasteiger partial charge in [0.2, 0.25) is 0 Å². The molecule has 1 atom stereocenters. The smallest absolute Gasteiger partial charge is 0.179 e. The fourth-order valence-corrected chi connectivity index (χ4v) is 2.86. The summed E-state index contributed by atoms with van der Waals surface area (Å²) < 4.78 is 28.8. The van der Waals surface area contributed by atoms with Crippen LogP contribution in [0, 0.1) is 0 Å². The predicted molar refractivity (Wildman–Crippen MR) is 63.6 cm³/mol. The first-order valence-corrected chi connectivity index (χ1v) is 6.69. The van der Waals surface area contributed by atoms with Gasteiger partial charge in [0.05, 0.1) is 17.8 Å². The summed E-state index contributed by atoms with van der Waals surface area (Å²) in [5.74, 6) is 0.746. The Morgan fingerprint density at radius 2 is 1.88 bits per heavy atom. The maximum Gasteiger partial charge on any atom is 0.179 e. The normalized spacial score (nSPS) is 13.4. The van der Waals surface area contributed by atoms with E-state index < -0.39 is 9.84 Å². The van der Waals surface area contributed by atoms with Crippen molar-refractivity contribution in [3.63, 3.8) is 0 Å². The molecule has 0 heterocycles. The zero-order valence-corrected chi connectivity index (χ0v) is 10.5.